The number of methoxy groups -OCH3 is 1. The van der Waals surface area contributed by atoms with Crippen molar-refractivity contribution in [3.05, 3.63) is 70.1 Å². The number of allylic oxidation sites excluding steroid dienone is 1. The highest BCUT2D eigenvalue weighted by Crippen LogP contribution is 2.32. The number of anilines is 2. The van der Waals surface area contributed by atoms with Gasteiger partial charge in [-0.3, -0.25) is 4.90 Å². The van der Waals surface area contributed by atoms with Crippen LogP contribution in [0.25, 0.3) is 0 Å². The van der Waals surface area contributed by atoms with Gasteiger partial charge in [-0.2, -0.15) is 0 Å². The molecule has 0 saturated heterocycles. The van der Waals surface area contributed by atoms with E-state index in [2.05, 4.69) is 16.0 Å². The van der Waals surface area contributed by atoms with Gasteiger partial charge in [0.1, 0.15) is 12.4 Å². The van der Waals surface area contributed by atoms with Gasteiger partial charge in [-0.05, 0) is 49.2 Å². The lowest BCUT2D eigenvalue weighted by Gasteiger charge is -2.35. The number of amides is 4. The fourth-order valence-electron chi connectivity index (χ4n) is 3.75. The molecule has 0 bridgehead atoms. The Balaban J connectivity index is 1.85. The van der Waals surface area contributed by atoms with Crippen LogP contribution in [0.1, 0.15) is 31.9 Å². The quantitative estimate of drug-likeness (QED) is 0.317. The van der Waals surface area contributed by atoms with E-state index in [-0.39, 0.29) is 24.3 Å². The van der Waals surface area contributed by atoms with E-state index in [1.807, 2.05) is 6.92 Å². The highest BCUT2D eigenvalue weighted by molar-refractivity contribution is 6.31. The average Bonchev–Trinajstić information content (AvgIpc) is 2.84. The van der Waals surface area contributed by atoms with Crippen molar-refractivity contribution in [2.45, 2.75) is 26.3 Å². The van der Waals surface area contributed by atoms with Crippen molar-refractivity contribution in [1.29, 1.82) is 0 Å². The third kappa shape index (κ3) is 6.52. The fourth-order valence-corrected chi connectivity index (χ4v) is 3.93. The molecule has 1 unspecified atom stereocenters. The molecule has 0 radical (unpaired) electrons. The molecule has 2 aromatic carbocycles. The maximum absolute atomic E-state index is 13.4. The summed E-state index contributed by atoms with van der Waals surface area (Å²) in [6, 6.07) is 8.84. The Hall–Kier alpha value is -3.63. The van der Waals surface area contributed by atoms with Gasteiger partial charge in [-0.1, -0.05) is 30.7 Å². The molecule has 0 aliphatic carbocycles. The highest BCUT2D eigenvalue weighted by atomic mass is 35.5. The van der Waals surface area contributed by atoms with E-state index in [4.69, 9.17) is 21.1 Å². The van der Waals surface area contributed by atoms with Gasteiger partial charge in [0.15, 0.2) is 0 Å². The largest absolute Gasteiger partial charge is 0.460 e. The third-order valence-electron chi connectivity index (χ3n) is 5.44. The van der Waals surface area contributed by atoms with Crippen LogP contribution in [0.4, 0.5) is 25.4 Å². The highest BCUT2D eigenvalue weighted by Gasteiger charge is 2.36. The number of carbonyl (C=O) groups excluding carboxylic acids is 3. The lowest BCUT2D eigenvalue weighted by molar-refractivity contribution is -0.140. The summed E-state index contributed by atoms with van der Waals surface area (Å²) in [6.45, 7) is 4.38. The first-order valence-corrected chi connectivity index (χ1v) is 11.7. The van der Waals surface area contributed by atoms with E-state index < -0.39 is 23.9 Å². The topological polar surface area (TPSA) is 109 Å². The van der Waals surface area contributed by atoms with E-state index in [9.17, 15) is 18.8 Å². The average molecular weight is 519 g/mol. The van der Waals surface area contributed by atoms with Crippen LogP contribution in [0.3, 0.4) is 0 Å². The lowest BCUT2D eigenvalue weighted by Crippen LogP contribution is -2.48. The smallest absolute Gasteiger partial charge is 0.338 e. The number of rotatable bonds is 9. The molecule has 0 aromatic heterocycles. The first-order valence-electron chi connectivity index (χ1n) is 11.3. The van der Waals surface area contributed by atoms with Crippen LogP contribution in [-0.2, 0) is 14.3 Å². The molecule has 1 aliphatic rings. The summed E-state index contributed by atoms with van der Waals surface area (Å²) in [5, 5.41) is 8.01. The van der Waals surface area contributed by atoms with Crippen molar-refractivity contribution >= 4 is 41.0 Å². The Bertz CT molecular complexity index is 1170. The standard InChI is InChI=1S/C25H28ClFN4O5/c1-4-10-31-15(2)21(23(32)36-12-11-35-3)22(30-25(31)34)16-6-5-7-17(13-16)28-24(33)29-18-8-9-20(27)19(26)14-18/h5-9,13-14,22H,4,10-12H2,1-3H3,(H,30,34)(H2,28,29,33). The van der Waals surface area contributed by atoms with Crippen LogP contribution in [0, 0.1) is 5.82 Å². The third-order valence-corrected chi connectivity index (χ3v) is 5.73. The molecule has 1 heterocycles. The number of halogens is 2. The van der Waals surface area contributed by atoms with E-state index in [0.717, 1.165) is 6.07 Å². The predicted octanol–water partition coefficient (Wildman–Crippen LogP) is 5.06. The van der Waals surface area contributed by atoms with E-state index in [0.29, 0.717) is 41.2 Å². The minimum absolute atomic E-state index is 0.0652. The molecule has 9 nitrogen and oxygen atoms in total. The predicted molar refractivity (Wildman–Crippen MR) is 134 cm³/mol. The first-order chi connectivity index (χ1) is 17.2. The molecule has 11 heteroatoms. The molecule has 0 saturated carbocycles. The van der Waals surface area contributed by atoms with Crippen LogP contribution < -0.4 is 16.0 Å². The van der Waals surface area contributed by atoms with E-state index in [1.165, 1.54) is 24.1 Å². The zero-order valence-corrected chi connectivity index (χ0v) is 20.9. The maximum atomic E-state index is 13.4. The van der Waals surface area contributed by atoms with Gasteiger partial charge >= 0.3 is 18.0 Å². The van der Waals surface area contributed by atoms with Crippen LogP contribution in [0.5, 0.6) is 0 Å². The normalized spacial score (nSPS) is 15.4. The van der Waals surface area contributed by atoms with Gasteiger partial charge in [0, 0.05) is 30.7 Å². The van der Waals surface area contributed by atoms with Gasteiger partial charge < -0.3 is 25.4 Å². The number of nitrogens with one attached hydrogen (secondary N) is 3. The van der Waals surface area contributed by atoms with Crippen LogP contribution in [0.15, 0.2) is 53.7 Å². The minimum atomic E-state index is -0.790. The molecular weight excluding hydrogens is 491 g/mol. The molecule has 3 N–H and O–H groups in total. The Kier molecular flexibility index (Phi) is 9.26. The van der Waals surface area contributed by atoms with Gasteiger partial charge in [0.2, 0.25) is 0 Å². The summed E-state index contributed by atoms with van der Waals surface area (Å²) < 4.78 is 23.7. The van der Waals surface area contributed by atoms with Gasteiger partial charge in [-0.25, -0.2) is 18.8 Å². The minimum Gasteiger partial charge on any atom is -0.460 e. The summed E-state index contributed by atoms with van der Waals surface area (Å²) in [4.78, 5) is 39.8. The second-order valence-corrected chi connectivity index (χ2v) is 8.40. The van der Waals surface area contributed by atoms with Crippen molar-refractivity contribution in [3.8, 4) is 0 Å². The molecule has 0 fully saturated rings. The van der Waals surface area contributed by atoms with Crippen molar-refractivity contribution < 1.29 is 28.2 Å². The number of nitrogens with zero attached hydrogens (tertiary/aromatic N) is 1. The second-order valence-electron chi connectivity index (χ2n) is 8.00. The van der Waals surface area contributed by atoms with Crippen molar-refractivity contribution in [2.75, 3.05) is 37.5 Å². The number of ether oxygens (including phenoxy) is 2. The number of benzene rings is 2. The molecule has 36 heavy (non-hydrogen) atoms. The number of carbonyl (C=O) groups is 3. The summed E-state index contributed by atoms with van der Waals surface area (Å²) >= 11 is 5.76. The molecule has 0 spiro atoms. The van der Waals surface area contributed by atoms with Crippen molar-refractivity contribution in [1.82, 2.24) is 10.2 Å². The van der Waals surface area contributed by atoms with Crippen molar-refractivity contribution in [2.24, 2.45) is 0 Å². The summed E-state index contributed by atoms with van der Waals surface area (Å²) in [6.07, 6.45) is 0.704. The van der Waals surface area contributed by atoms with Crippen LogP contribution in [0.2, 0.25) is 5.02 Å². The Morgan fingerprint density at radius 3 is 2.53 bits per heavy atom. The number of hydrogen-bond donors (Lipinski definition) is 3. The molecule has 1 aliphatic heterocycles. The zero-order chi connectivity index (χ0) is 26.2. The Morgan fingerprint density at radius 1 is 1.14 bits per heavy atom. The van der Waals surface area contributed by atoms with Crippen LogP contribution in [-0.4, -0.2) is 49.8 Å². The molecule has 3 rings (SSSR count). The number of esters is 1. The van der Waals surface area contributed by atoms with Gasteiger partial charge in [0.25, 0.3) is 0 Å². The number of hydrogen-bond acceptors (Lipinski definition) is 5. The molecular formula is C25H28ClFN4O5. The van der Waals surface area contributed by atoms with Crippen LogP contribution >= 0.6 is 11.6 Å². The summed E-state index contributed by atoms with van der Waals surface area (Å²) in [5.41, 5.74) is 2.08. The van der Waals surface area contributed by atoms with Gasteiger partial charge in [0.05, 0.1) is 23.2 Å². The summed E-state index contributed by atoms with van der Waals surface area (Å²) in [7, 11) is 1.50. The Morgan fingerprint density at radius 2 is 1.86 bits per heavy atom. The van der Waals surface area contributed by atoms with Crippen molar-refractivity contribution in [3.63, 3.8) is 0 Å². The SMILES string of the molecule is CCCN1C(=O)NC(c2cccc(NC(=O)Nc3ccc(F)c(Cl)c3)c2)C(C(=O)OCCOC)=C1C. The molecule has 2 aromatic rings. The van der Waals surface area contributed by atoms with E-state index >= 15 is 0 Å². The van der Waals surface area contributed by atoms with Gasteiger partial charge in [-0.15, -0.1) is 0 Å². The fraction of sp³-hybridized carbons (Fsp3) is 0.320. The monoisotopic (exact) mass is 518 g/mol. The first kappa shape index (κ1) is 27.0. The molecule has 1 atom stereocenters. The lowest BCUT2D eigenvalue weighted by atomic mass is 9.94. The molecule has 4 amide bonds. The Labute approximate surface area is 213 Å². The van der Waals surface area contributed by atoms with E-state index in [1.54, 1.807) is 31.2 Å². The maximum Gasteiger partial charge on any atom is 0.338 e. The second kappa shape index (κ2) is 12.4. The molecule has 192 valence electrons. The zero-order valence-electron chi connectivity index (χ0n) is 20.2. The summed E-state index contributed by atoms with van der Waals surface area (Å²) in [5.74, 6) is -1.16. The number of urea groups is 2.